The van der Waals surface area contributed by atoms with Gasteiger partial charge in [-0.3, -0.25) is 42.5 Å². The number of para-hydroxylation sites is 4. The molecule has 4 amide bonds. The Morgan fingerprint density at radius 1 is 0.378 bits per heavy atom. The molecular formula is C90H96F3N23O15S4. The molecule has 0 bridgehead atoms. The number of sulfonamides is 3. The summed E-state index contributed by atoms with van der Waals surface area (Å²) in [5.74, 6) is 7.34. The fraction of sp³-hybridized carbons (Fsp3) is 0.233. The van der Waals surface area contributed by atoms with Crippen molar-refractivity contribution in [3.8, 4) is 23.0 Å². The number of aromatic nitrogens is 8. The number of carbonyl (C=O) groups excluding carboxylic acids is 4. The van der Waals surface area contributed by atoms with E-state index in [4.69, 9.17) is 23.9 Å². The second kappa shape index (κ2) is 39.6. The van der Waals surface area contributed by atoms with Crippen LogP contribution in [0.25, 0.3) is 0 Å². The Hall–Kier alpha value is -15.4. The summed E-state index contributed by atoms with van der Waals surface area (Å²) in [5.41, 5.74) is 10.2. The van der Waals surface area contributed by atoms with Gasteiger partial charge in [-0.1, -0.05) is 54.6 Å². The first-order valence-electron chi connectivity index (χ1n) is 41.0. The summed E-state index contributed by atoms with van der Waals surface area (Å²) in [6.07, 6.45) is 6.14. The molecule has 1 unspecified atom stereocenters. The van der Waals surface area contributed by atoms with Crippen molar-refractivity contribution in [3.63, 3.8) is 0 Å². The van der Waals surface area contributed by atoms with Crippen LogP contribution in [0, 0.1) is 0 Å². The van der Waals surface area contributed by atoms with Crippen LogP contribution in [0.4, 0.5) is 146 Å². The average Bonchev–Trinajstić information content (AvgIpc) is 1.60. The van der Waals surface area contributed by atoms with Gasteiger partial charge >= 0.3 is 6.18 Å². The molecule has 135 heavy (non-hydrogen) atoms. The molecule has 38 nitrogen and oxygen atoms in total. The molecule has 16 rings (SSSR count). The predicted molar refractivity (Wildman–Crippen MR) is 521 cm³/mol. The Labute approximate surface area is 778 Å². The maximum atomic E-state index is 13.4. The zero-order valence-electron chi connectivity index (χ0n) is 75.9. The zero-order valence-corrected chi connectivity index (χ0v) is 79.2. The number of alkyl halides is 3. The van der Waals surface area contributed by atoms with Crippen LogP contribution in [0.2, 0.25) is 0 Å². The number of nitrogens with zero attached hydrogens (tertiary/aromatic N) is 16. The third kappa shape index (κ3) is 22.5. The molecule has 4 aliphatic rings. The Bertz CT molecular complexity index is 7100. The van der Waals surface area contributed by atoms with Gasteiger partial charge in [0.2, 0.25) is 53.9 Å². The van der Waals surface area contributed by atoms with Gasteiger partial charge in [0, 0.05) is 78.0 Å². The fourth-order valence-electron chi connectivity index (χ4n) is 14.9. The Morgan fingerprint density at radius 3 is 1.01 bits per heavy atom. The highest BCUT2D eigenvalue weighted by Gasteiger charge is 2.41. The molecule has 4 aromatic heterocycles. The lowest BCUT2D eigenvalue weighted by Gasteiger charge is -2.27. The maximum absolute atomic E-state index is 13.4. The van der Waals surface area contributed by atoms with Crippen LogP contribution < -0.4 is 93.6 Å². The Morgan fingerprint density at radius 2 is 0.674 bits per heavy atom. The van der Waals surface area contributed by atoms with E-state index in [0.29, 0.717) is 143 Å². The number of hydrogen-bond acceptors (Lipinski definition) is 31. The SMILES string of the molecule is C=S(C)(=O)Cc1ccc(Nc2ncc3c(n2)N(C)c2ccccc2C(=O)N3C)c(OC)c1.CCN1C(=O)c2ccccc2N(C)c2nc(Nc3ccc(NS(C)(=O)=O)cc3OC)ncc21.COc1cc(NS(C)(=O)=O)ccc1Nc1ncc2c(n1)N(C)c1ccccc1C(=O)N2C(C)C.COc1cc(NS(C)(=O)=O)ccc1Nc1ncc2c(n1)N(C)c1ccccc1C(=O)N2CC(F)(F)F. The van der Waals surface area contributed by atoms with Crippen LogP contribution in [-0.2, 0) is 45.3 Å². The number of halogens is 3. The molecular weight excluding hydrogens is 1830 g/mol. The first-order valence-corrected chi connectivity index (χ1v) is 49.0. The molecule has 0 saturated carbocycles. The van der Waals surface area contributed by atoms with E-state index in [-0.39, 0.29) is 58.2 Å². The fourth-order valence-corrected chi connectivity index (χ4v) is 17.5. The monoisotopic (exact) mass is 1920 g/mol. The summed E-state index contributed by atoms with van der Waals surface area (Å²) < 4.78 is 150. The largest absolute Gasteiger partial charge is 0.495 e. The number of hydrogen-bond donors (Lipinski definition) is 7. The average molecular weight is 1930 g/mol. The van der Waals surface area contributed by atoms with Gasteiger partial charge in [0.05, 0.1) is 157 Å². The third-order valence-electron chi connectivity index (χ3n) is 20.9. The van der Waals surface area contributed by atoms with Gasteiger partial charge in [-0.25, -0.2) is 45.2 Å². The summed E-state index contributed by atoms with van der Waals surface area (Å²) >= 11 is 0. The van der Waals surface area contributed by atoms with Crippen molar-refractivity contribution in [2.45, 2.75) is 38.7 Å². The van der Waals surface area contributed by atoms with Crippen molar-refractivity contribution in [3.05, 3.63) is 222 Å². The van der Waals surface area contributed by atoms with Crippen molar-refractivity contribution in [1.82, 2.24) is 39.9 Å². The quantitative estimate of drug-likeness (QED) is 0.0292. The first-order chi connectivity index (χ1) is 63.8. The number of rotatable bonds is 23. The lowest BCUT2D eigenvalue weighted by molar-refractivity contribution is -0.118. The molecule has 1 atom stereocenters. The van der Waals surface area contributed by atoms with Crippen LogP contribution in [-0.4, -0.2) is 213 Å². The highest BCUT2D eigenvalue weighted by Crippen LogP contribution is 2.46. The number of ether oxygens (including phenoxy) is 4. The highest BCUT2D eigenvalue weighted by molar-refractivity contribution is 7.98. The molecule has 12 aromatic rings. The summed E-state index contributed by atoms with van der Waals surface area (Å²) in [4.78, 5) is 101. The van der Waals surface area contributed by atoms with Crippen LogP contribution in [0.1, 0.15) is 67.8 Å². The standard InChI is InChI=1S/C23H26N6O4S.C23H25N5O3S.C22H21F3N6O4S.C22H24N6O4S/c1-14(2)29-19-13-24-23(25-17-11-10-15(12-20(17)33-4)27-34(5,31)32)26-21(19)28(3)18-9-7-6-8-16(18)22(29)30;1-27-18-9-7-6-8-16(18)22(29)28(2)19-13-24-23(26-21(19)27)25-17-11-10-15(12-20(17)31-3)14-32(4,5)30;1-30-16-7-5-4-6-14(16)20(32)31(12-22(23,24)25)17-11-26-21(28-19(17)30)27-15-9-8-13(10-18(15)35-2)29-36(3,33)34;1-5-28-18-13-23-22(24-16-11-10-14(12-19(16)32-3)26-33(4,30)31)25-20(18)27(2)17-9-7-6-8-15(17)21(28)29/h6-14,27H,1-5H3,(H,24,25,26);6-13H,4,14H2,1-3,5H3,(H,24,25,26);4-11,29H,12H2,1-3H3,(H,26,27,28);6-13,26H,5H2,1-4H3,(H,23,24,25). The predicted octanol–water partition coefficient (Wildman–Crippen LogP) is 14.4. The van der Waals surface area contributed by atoms with Crippen LogP contribution in [0.15, 0.2) is 195 Å². The first kappa shape index (κ1) is 97.2. The summed E-state index contributed by atoms with van der Waals surface area (Å²) in [5, 5.41) is 12.4. The second-order valence-electron chi connectivity index (χ2n) is 31.3. The number of anilines is 23. The van der Waals surface area contributed by atoms with Crippen molar-refractivity contribution < 1.29 is 80.8 Å². The molecule has 0 fully saturated rings. The van der Waals surface area contributed by atoms with Gasteiger partial charge < -0.3 is 74.5 Å². The highest BCUT2D eigenvalue weighted by atomic mass is 32.2. The Kier molecular flexibility index (Phi) is 28.5. The lowest BCUT2D eigenvalue weighted by atomic mass is 10.1. The molecule has 4 aliphatic heterocycles. The van der Waals surface area contributed by atoms with Crippen LogP contribution >= 0.6 is 0 Å². The summed E-state index contributed by atoms with van der Waals surface area (Å²) in [6.45, 7) is 4.74. The minimum absolute atomic E-state index is 0.0153. The van der Waals surface area contributed by atoms with Gasteiger partial charge in [-0.15, -0.1) is 0 Å². The van der Waals surface area contributed by atoms with Gasteiger partial charge in [-0.2, -0.15) is 33.1 Å². The van der Waals surface area contributed by atoms with Crippen molar-refractivity contribution >= 4 is 201 Å². The van der Waals surface area contributed by atoms with Gasteiger partial charge in [0.15, 0.2) is 23.3 Å². The molecule has 8 aromatic carbocycles. The minimum atomic E-state index is -4.66. The van der Waals surface area contributed by atoms with E-state index in [1.54, 1.807) is 134 Å². The molecule has 45 heteroatoms. The van der Waals surface area contributed by atoms with E-state index in [2.05, 4.69) is 76.2 Å². The maximum Gasteiger partial charge on any atom is 0.406 e. The number of carbonyl (C=O) groups is 4. The minimum Gasteiger partial charge on any atom is -0.495 e. The van der Waals surface area contributed by atoms with Gasteiger partial charge in [-0.05, 0) is 139 Å². The number of methoxy groups -OCH3 is 4. The van der Waals surface area contributed by atoms with Crippen LogP contribution in [0.5, 0.6) is 23.0 Å². The smallest absolute Gasteiger partial charge is 0.406 e. The number of benzene rings is 8. The van der Waals surface area contributed by atoms with Crippen molar-refractivity contribution in [1.29, 1.82) is 0 Å². The van der Waals surface area contributed by atoms with E-state index in [1.165, 1.54) is 50.5 Å². The van der Waals surface area contributed by atoms with E-state index >= 15 is 0 Å². The van der Waals surface area contributed by atoms with Gasteiger partial charge in [0.1, 0.15) is 52.3 Å². The number of nitrogens with one attached hydrogen (secondary N) is 7. The molecule has 0 saturated heterocycles. The third-order valence-corrected chi connectivity index (χ3v) is 23.6. The van der Waals surface area contributed by atoms with E-state index < -0.39 is 58.2 Å². The van der Waals surface area contributed by atoms with E-state index in [1.807, 2.05) is 129 Å². The molecule has 0 radical (unpaired) electrons. The van der Waals surface area contributed by atoms with Crippen molar-refractivity contribution in [2.24, 2.45) is 0 Å². The Balaban J connectivity index is 0.000000153. The number of amides is 4. The number of fused-ring (bicyclic) bond motifs is 8. The van der Waals surface area contributed by atoms with Crippen LogP contribution in [0.3, 0.4) is 0 Å². The topological polar surface area (TPSA) is 438 Å². The molecule has 0 aliphatic carbocycles. The summed E-state index contributed by atoms with van der Waals surface area (Å²) in [7, 11) is 2.29. The van der Waals surface area contributed by atoms with Gasteiger partial charge in [0.25, 0.3) is 23.6 Å². The van der Waals surface area contributed by atoms with E-state index in [0.717, 1.165) is 47.6 Å². The molecule has 0 spiro atoms. The molecule has 706 valence electrons. The van der Waals surface area contributed by atoms with E-state index in [9.17, 15) is 61.8 Å². The summed E-state index contributed by atoms with van der Waals surface area (Å²) in [6, 6.07) is 48.1. The molecule has 8 heterocycles. The van der Waals surface area contributed by atoms with Crippen molar-refractivity contribution in [2.75, 3.05) is 176 Å². The lowest BCUT2D eigenvalue weighted by Crippen LogP contribution is -2.39. The normalized spacial score (nSPS) is 13.7. The zero-order chi connectivity index (χ0) is 97.7. The molecule has 7 N–H and O–H groups in total. The second-order valence-corrected chi connectivity index (χ2v) is 39.2.